The van der Waals surface area contributed by atoms with Crippen LogP contribution in [0.15, 0.2) is 18.5 Å². The molecule has 1 fully saturated rings. The molecule has 1 saturated carbocycles. The van der Waals surface area contributed by atoms with Crippen molar-refractivity contribution in [1.29, 1.82) is 0 Å². The van der Waals surface area contributed by atoms with Gasteiger partial charge < -0.3 is 10.4 Å². The normalized spacial score (nSPS) is 17.4. The highest BCUT2D eigenvalue weighted by molar-refractivity contribution is 5.94. The van der Waals surface area contributed by atoms with Gasteiger partial charge in [-0.15, -0.1) is 0 Å². The maximum atomic E-state index is 12.1. The Hall–Kier alpha value is -1.91. The van der Waals surface area contributed by atoms with Gasteiger partial charge in [-0.1, -0.05) is 19.3 Å². The summed E-state index contributed by atoms with van der Waals surface area (Å²) in [5.74, 6) is -1.06. The number of carbonyl (C=O) groups is 2. The van der Waals surface area contributed by atoms with Gasteiger partial charge in [0.2, 0.25) is 0 Å². The summed E-state index contributed by atoms with van der Waals surface area (Å²) in [4.78, 5) is 27.6. The lowest BCUT2D eigenvalue weighted by Gasteiger charge is -2.33. The zero-order valence-corrected chi connectivity index (χ0v) is 11.7. The minimum Gasteiger partial charge on any atom is -0.481 e. The summed E-state index contributed by atoms with van der Waals surface area (Å²) in [5.41, 5.74) is 0.579. The van der Waals surface area contributed by atoms with Crippen molar-refractivity contribution in [3.05, 3.63) is 29.6 Å². The van der Waals surface area contributed by atoms with Crippen LogP contribution in [-0.2, 0) is 4.79 Å². The highest BCUT2D eigenvalue weighted by Gasteiger charge is 2.39. The van der Waals surface area contributed by atoms with Crippen LogP contribution in [0.4, 0.5) is 0 Å². The molecule has 0 bridgehead atoms. The van der Waals surface area contributed by atoms with Gasteiger partial charge in [0.15, 0.2) is 0 Å². The highest BCUT2D eigenvalue weighted by Crippen LogP contribution is 2.36. The summed E-state index contributed by atoms with van der Waals surface area (Å²) in [6.45, 7) is 2.05. The van der Waals surface area contributed by atoms with Crippen LogP contribution >= 0.6 is 0 Å². The number of carboxylic acid groups (broad SMARTS) is 1. The second-order valence-electron chi connectivity index (χ2n) is 5.58. The first-order chi connectivity index (χ1) is 9.53. The summed E-state index contributed by atoms with van der Waals surface area (Å²) < 4.78 is 0. The van der Waals surface area contributed by atoms with Crippen molar-refractivity contribution in [3.63, 3.8) is 0 Å². The molecule has 1 aromatic rings. The third-order valence-electron chi connectivity index (χ3n) is 3.99. The van der Waals surface area contributed by atoms with Gasteiger partial charge in [-0.25, -0.2) is 0 Å². The largest absolute Gasteiger partial charge is 0.481 e. The molecule has 1 aromatic heterocycles. The molecule has 5 heteroatoms. The van der Waals surface area contributed by atoms with Gasteiger partial charge in [0, 0.05) is 18.9 Å². The molecule has 0 spiro atoms. The van der Waals surface area contributed by atoms with Crippen molar-refractivity contribution < 1.29 is 14.7 Å². The van der Waals surface area contributed by atoms with Gasteiger partial charge in [-0.05, 0) is 31.4 Å². The lowest BCUT2D eigenvalue weighted by atomic mass is 9.74. The molecule has 108 valence electrons. The summed E-state index contributed by atoms with van der Waals surface area (Å²) in [5, 5.41) is 12.2. The zero-order chi connectivity index (χ0) is 14.6. The number of nitrogens with one attached hydrogen (secondary N) is 1. The van der Waals surface area contributed by atoms with E-state index < -0.39 is 11.4 Å². The molecule has 0 unspecified atom stereocenters. The Balaban J connectivity index is 2.02. The van der Waals surface area contributed by atoms with Crippen LogP contribution < -0.4 is 5.32 Å². The first-order valence-electron chi connectivity index (χ1n) is 6.97. The molecule has 2 N–H and O–H groups in total. The summed E-state index contributed by atoms with van der Waals surface area (Å²) in [6.07, 6.45) is 7.34. The fourth-order valence-electron chi connectivity index (χ4n) is 2.73. The number of carbonyl (C=O) groups excluding carboxylic acids is 1. The second-order valence-corrected chi connectivity index (χ2v) is 5.58. The smallest absolute Gasteiger partial charge is 0.311 e. The van der Waals surface area contributed by atoms with Crippen LogP contribution in [0.5, 0.6) is 0 Å². The number of aliphatic carboxylic acids is 1. The van der Waals surface area contributed by atoms with Gasteiger partial charge in [0.05, 0.1) is 11.0 Å². The van der Waals surface area contributed by atoms with Crippen LogP contribution in [0.25, 0.3) is 0 Å². The number of rotatable bonds is 4. The number of hydrogen-bond acceptors (Lipinski definition) is 3. The fourth-order valence-corrected chi connectivity index (χ4v) is 2.73. The highest BCUT2D eigenvalue weighted by atomic mass is 16.4. The maximum Gasteiger partial charge on any atom is 0.311 e. The third kappa shape index (κ3) is 3.15. The third-order valence-corrected chi connectivity index (χ3v) is 3.99. The van der Waals surface area contributed by atoms with Gasteiger partial charge in [-0.3, -0.25) is 14.6 Å². The quantitative estimate of drug-likeness (QED) is 0.883. The molecule has 2 rings (SSSR count). The molecule has 0 saturated heterocycles. The molecule has 1 aliphatic carbocycles. The average molecular weight is 276 g/mol. The summed E-state index contributed by atoms with van der Waals surface area (Å²) in [6, 6.07) is 1.75. The van der Waals surface area contributed by atoms with E-state index in [0.29, 0.717) is 18.4 Å². The average Bonchev–Trinajstić information content (AvgIpc) is 2.45. The van der Waals surface area contributed by atoms with E-state index >= 15 is 0 Å². The standard InChI is InChI=1S/C15H20N2O3/c1-11-7-12(9-16-8-11)13(18)17-10-15(14(19)20)5-3-2-4-6-15/h7-9H,2-6,10H2,1H3,(H,17,18)(H,19,20). The SMILES string of the molecule is Cc1cncc(C(=O)NCC2(C(=O)O)CCCCC2)c1. The van der Waals surface area contributed by atoms with Crippen molar-refractivity contribution in [2.75, 3.05) is 6.54 Å². The predicted molar refractivity (Wildman–Crippen MR) is 74.5 cm³/mol. The molecule has 20 heavy (non-hydrogen) atoms. The van der Waals surface area contributed by atoms with E-state index in [2.05, 4.69) is 10.3 Å². The number of hydrogen-bond donors (Lipinski definition) is 2. The monoisotopic (exact) mass is 276 g/mol. The Bertz CT molecular complexity index is 508. The van der Waals surface area contributed by atoms with Crippen molar-refractivity contribution in [3.8, 4) is 0 Å². The van der Waals surface area contributed by atoms with E-state index in [4.69, 9.17) is 0 Å². The van der Waals surface area contributed by atoms with Crippen molar-refractivity contribution in [1.82, 2.24) is 10.3 Å². The van der Waals surface area contributed by atoms with E-state index in [1.165, 1.54) is 6.20 Å². The van der Waals surface area contributed by atoms with Crippen molar-refractivity contribution >= 4 is 11.9 Å². The lowest BCUT2D eigenvalue weighted by molar-refractivity contribution is -0.150. The molecule has 0 radical (unpaired) electrons. The minimum absolute atomic E-state index is 0.190. The lowest BCUT2D eigenvalue weighted by Crippen LogP contribution is -2.44. The van der Waals surface area contributed by atoms with E-state index in [0.717, 1.165) is 24.8 Å². The number of nitrogens with zero attached hydrogens (tertiary/aromatic N) is 1. The molecular weight excluding hydrogens is 256 g/mol. The van der Waals surface area contributed by atoms with Crippen molar-refractivity contribution in [2.45, 2.75) is 39.0 Å². The van der Waals surface area contributed by atoms with Gasteiger partial charge in [0.1, 0.15) is 0 Å². The van der Waals surface area contributed by atoms with E-state index in [9.17, 15) is 14.7 Å². The first-order valence-corrected chi connectivity index (χ1v) is 6.97. The van der Waals surface area contributed by atoms with Gasteiger partial charge in [0.25, 0.3) is 5.91 Å². The number of amides is 1. The van der Waals surface area contributed by atoms with E-state index in [1.54, 1.807) is 12.3 Å². The van der Waals surface area contributed by atoms with E-state index in [-0.39, 0.29) is 12.5 Å². The maximum absolute atomic E-state index is 12.1. The molecule has 5 nitrogen and oxygen atoms in total. The summed E-state index contributed by atoms with van der Waals surface area (Å²) in [7, 11) is 0. The number of aryl methyl sites for hydroxylation is 1. The zero-order valence-electron chi connectivity index (χ0n) is 11.7. The number of carboxylic acids is 1. The molecule has 1 aliphatic rings. The Morgan fingerprint density at radius 2 is 2.00 bits per heavy atom. The Morgan fingerprint density at radius 1 is 1.30 bits per heavy atom. The minimum atomic E-state index is -0.806. The topological polar surface area (TPSA) is 79.3 Å². The molecule has 1 heterocycles. The Labute approximate surface area is 118 Å². The van der Waals surface area contributed by atoms with Crippen LogP contribution in [0.2, 0.25) is 0 Å². The first kappa shape index (κ1) is 14.5. The molecular formula is C15H20N2O3. The van der Waals surface area contributed by atoms with Crippen LogP contribution in [0.3, 0.4) is 0 Å². The molecule has 0 aromatic carbocycles. The van der Waals surface area contributed by atoms with Crippen LogP contribution in [0, 0.1) is 12.3 Å². The van der Waals surface area contributed by atoms with E-state index in [1.807, 2.05) is 6.92 Å². The number of pyridine rings is 1. The predicted octanol–water partition coefficient (Wildman–Crippen LogP) is 2.15. The second kappa shape index (κ2) is 6.03. The summed E-state index contributed by atoms with van der Waals surface area (Å²) >= 11 is 0. The molecule has 1 amide bonds. The Morgan fingerprint density at radius 3 is 2.60 bits per heavy atom. The van der Waals surface area contributed by atoms with Gasteiger partial charge in [-0.2, -0.15) is 0 Å². The van der Waals surface area contributed by atoms with Crippen molar-refractivity contribution in [2.24, 2.45) is 5.41 Å². The number of aromatic nitrogens is 1. The van der Waals surface area contributed by atoms with Crippen LogP contribution in [0.1, 0.15) is 48.0 Å². The van der Waals surface area contributed by atoms with Crippen LogP contribution in [-0.4, -0.2) is 28.5 Å². The molecule has 0 atom stereocenters. The Kier molecular flexibility index (Phi) is 4.37. The molecule has 0 aliphatic heterocycles. The van der Waals surface area contributed by atoms with Gasteiger partial charge >= 0.3 is 5.97 Å². The fraction of sp³-hybridized carbons (Fsp3) is 0.533.